The summed E-state index contributed by atoms with van der Waals surface area (Å²) < 4.78 is 35.7. The number of hydrogen-bond acceptors (Lipinski definition) is 2. The van der Waals surface area contributed by atoms with E-state index in [-0.39, 0.29) is 6.04 Å². The Labute approximate surface area is 86.4 Å². The molecule has 0 heterocycles. The highest BCUT2D eigenvalue weighted by atomic mass is 19.4. The SMILES string of the molecule is NCCN(C(=O)CCC(F)(F)F)C1CC1. The van der Waals surface area contributed by atoms with E-state index in [0.29, 0.717) is 13.1 Å². The van der Waals surface area contributed by atoms with Crippen LogP contribution in [0.25, 0.3) is 0 Å². The molecule has 0 atom stereocenters. The molecule has 1 fully saturated rings. The topological polar surface area (TPSA) is 46.3 Å². The molecule has 1 rings (SSSR count). The van der Waals surface area contributed by atoms with E-state index >= 15 is 0 Å². The highest BCUT2D eigenvalue weighted by Gasteiger charge is 2.34. The smallest absolute Gasteiger partial charge is 0.338 e. The number of amides is 1. The lowest BCUT2D eigenvalue weighted by Gasteiger charge is -2.21. The predicted octanol–water partition coefficient (Wildman–Crippen LogP) is 1.28. The monoisotopic (exact) mass is 224 g/mol. The van der Waals surface area contributed by atoms with Crippen LogP contribution in [0.15, 0.2) is 0 Å². The molecule has 15 heavy (non-hydrogen) atoms. The van der Waals surface area contributed by atoms with Crippen LogP contribution in [0.2, 0.25) is 0 Å². The molecular formula is C9H15F3N2O. The minimum Gasteiger partial charge on any atom is -0.338 e. The van der Waals surface area contributed by atoms with Crippen molar-refractivity contribution in [3.05, 3.63) is 0 Å². The van der Waals surface area contributed by atoms with E-state index in [1.165, 1.54) is 4.90 Å². The van der Waals surface area contributed by atoms with Gasteiger partial charge in [0.05, 0.1) is 6.42 Å². The van der Waals surface area contributed by atoms with Crippen molar-refractivity contribution in [2.75, 3.05) is 13.1 Å². The van der Waals surface area contributed by atoms with Gasteiger partial charge in [0.25, 0.3) is 0 Å². The van der Waals surface area contributed by atoms with Gasteiger partial charge >= 0.3 is 6.18 Å². The number of carbonyl (C=O) groups excluding carboxylic acids is 1. The summed E-state index contributed by atoms with van der Waals surface area (Å²) in [5, 5.41) is 0. The van der Waals surface area contributed by atoms with Crippen LogP contribution >= 0.6 is 0 Å². The summed E-state index contributed by atoms with van der Waals surface area (Å²) in [6, 6.07) is 0.134. The first-order valence-corrected chi connectivity index (χ1v) is 5.00. The molecule has 88 valence electrons. The molecule has 0 aromatic rings. The quantitative estimate of drug-likeness (QED) is 0.764. The van der Waals surface area contributed by atoms with E-state index in [1.54, 1.807) is 0 Å². The van der Waals surface area contributed by atoms with Crippen LogP contribution < -0.4 is 5.73 Å². The maximum atomic E-state index is 11.9. The number of nitrogens with zero attached hydrogens (tertiary/aromatic N) is 1. The van der Waals surface area contributed by atoms with Crippen LogP contribution in [-0.2, 0) is 4.79 Å². The largest absolute Gasteiger partial charge is 0.389 e. The summed E-state index contributed by atoms with van der Waals surface area (Å²) in [6.07, 6.45) is -3.98. The lowest BCUT2D eigenvalue weighted by atomic mass is 10.2. The first-order chi connectivity index (χ1) is 6.94. The molecule has 0 aromatic carbocycles. The van der Waals surface area contributed by atoms with Crippen molar-refractivity contribution < 1.29 is 18.0 Å². The summed E-state index contributed by atoms with van der Waals surface area (Å²) in [7, 11) is 0. The van der Waals surface area contributed by atoms with Gasteiger partial charge in [-0.15, -0.1) is 0 Å². The summed E-state index contributed by atoms with van der Waals surface area (Å²) in [5.41, 5.74) is 5.30. The molecule has 1 amide bonds. The average Bonchev–Trinajstić information content (AvgIpc) is 2.92. The molecule has 0 aromatic heterocycles. The van der Waals surface area contributed by atoms with Crippen molar-refractivity contribution in [2.45, 2.75) is 37.9 Å². The van der Waals surface area contributed by atoms with Crippen molar-refractivity contribution >= 4 is 5.91 Å². The van der Waals surface area contributed by atoms with Gasteiger partial charge in [-0.1, -0.05) is 0 Å². The van der Waals surface area contributed by atoms with E-state index in [9.17, 15) is 18.0 Å². The molecule has 0 spiro atoms. The Morgan fingerprint density at radius 2 is 2.00 bits per heavy atom. The second-order valence-electron chi connectivity index (χ2n) is 3.72. The summed E-state index contributed by atoms with van der Waals surface area (Å²) in [4.78, 5) is 12.9. The average molecular weight is 224 g/mol. The molecule has 0 bridgehead atoms. The minimum absolute atomic E-state index is 0.134. The fourth-order valence-corrected chi connectivity index (χ4v) is 1.43. The van der Waals surface area contributed by atoms with E-state index in [4.69, 9.17) is 5.73 Å². The van der Waals surface area contributed by atoms with Crippen molar-refractivity contribution in [3.8, 4) is 0 Å². The molecule has 6 heteroatoms. The minimum atomic E-state index is -4.26. The molecule has 1 saturated carbocycles. The fourth-order valence-electron chi connectivity index (χ4n) is 1.43. The third-order valence-corrected chi connectivity index (χ3v) is 2.30. The van der Waals surface area contributed by atoms with Crippen molar-refractivity contribution in [3.63, 3.8) is 0 Å². The molecule has 0 radical (unpaired) electrons. The molecule has 3 nitrogen and oxygen atoms in total. The second-order valence-corrected chi connectivity index (χ2v) is 3.72. The highest BCUT2D eigenvalue weighted by molar-refractivity contribution is 5.76. The maximum absolute atomic E-state index is 11.9. The normalized spacial score (nSPS) is 16.5. The third-order valence-electron chi connectivity index (χ3n) is 2.30. The Morgan fingerprint density at radius 3 is 2.40 bits per heavy atom. The molecule has 1 aliphatic rings. The number of rotatable bonds is 5. The second kappa shape index (κ2) is 4.83. The van der Waals surface area contributed by atoms with Crippen LogP contribution in [0.1, 0.15) is 25.7 Å². The number of nitrogens with two attached hydrogens (primary N) is 1. The van der Waals surface area contributed by atoms with Crippen LogP contribution in [0.4, 0.5) is 13.2 Å². The number of carbonyl (C=O) groups is 1. The molecule has 0 unspecified atom stereocenters. The van der Waals surface area contributed by atoms with Gasteiger partial charge in [-0.2, -0.15) is 13.2 Å². The van der Waals surface area contributed by atoms with Gasteiger partial charge in [-0.3, -0.25) is 4.79 Å². The van der Waals surface area contributed by atoms with Crippen molar-refractivity contribution in [1.82, 2.24) is 4.90 Å². The lowest BCUT2D eigenvalue weighted by Crippen LogP contribution is -2.37. The molecule has 0 aliphatic heterocycles. The van der Waals surface area contributed by atoms with Crippen molar-refractivity contribution in [1.29, 1.82) is 0 Å². The number of alkyl halides is 3. The Bertz CT molecular complexity index is 226. The van der Waals surface area contributed by atoms with E-state index < -0.39 is 24.9 Å². The van der Waals surface area contributed by atoms with Crippen molar-refractivity contribution in [2.24, 2.45) is 5.73 Å². The zero-order valence-corrected chi connectivity index (χ0v) is 8.39. The fraction of sp³-hybridized carbons (Fsp3) is 0.889. The van der Waals surface area contributed by atoms with Gasteiger partial charge < -0.3 is 10.6 Å². The molecule has 0 saturated heterocycles. The van der Waals surface area contributed by atoms with Gasteiger partial charge in [-0.25, -0.2) is 0 Å². The van der Waals surface area contributed by atoms with Crippen LogP contribution in [0.5, 0.6) is 0 Å². The number of hydrogen-bond donors (Lipinski definition) is 1. The Balaban J connectivity index is 2.35. The summed E-state index contributed by atoms with van der Waals surface area (Å²) in [6.45, 7) is 0.662. The van der Waals surface area contributed by atoms with Gasteiger partial charge in [0.2, 0.25) is 5.91 Å². The van der Waals surface area contributed by atoms with Crippen LogP contribution in [-0.4, -0.2) is 36.1 Å². The van der Waals surface area contributed by atoms with E-state index in [2.05, 4.69) is 0 Å². The zero-order chi connectivity index (χ0) is 11.5. The van der Waals surface area contributed by atoms with Gasteiger partial charge in [0, 0.05) is 25.6 Å². The Morgan fingerprint density at radius 1 is 1.40 bits per heavy atom. The molecule has 2 N–H and O–H groups in total. The summed E-state index contributed by atoms with van der Waals surface area (Å²) in [5.74, 6) is -0.430. The van der Waals surface area contributed by atoms with Gasteiger partial charge in [-0.05, 0) is 12.8 Å². The lowest BCUT2D eigenvalue weighted by molar-refractivity contribution is -0.149. The molecule has 1 aliphatic carbocycles. The first kappa shape index (κ1) is 12.3. The Hall–Kier alpha value is -0.780. The third kappa shape index (κ3) is 4.51. The Kier molecular flexibility index (Phi) is 3.96. The maximum Gasteiger partial charge on any atom is 0.389 e. The van der Waals surface area contributed by atoms with E-state index in [1.807, 2.05) is 0 Å². The number of halogens is 3. The van der Waals surface area contributed by atoms with Crippen LogP contribution in [0, 0.1) is 0 Å². The van der Waals surface area contributed by atoms with Crippen LogP contribution in [0.3, 0.4) is 0 Å². The highest BCUT2D eigenvalue weighted by Crippen LogP contribution is 2.28. The van der Waals surface area contributed by atoms with Gasteiger partial charge in [0.1, 0.15) is 0 Å². The van der Waals surface area contributed by atoms with Gasteiger partial charge in [0.15, 0.2) is 0 Å². The summed E-state index contributed by atoms with van der Waals surface area (Å²) >= 11 is 0. The molecular weight excluding hydrogens is 209 g/mol. The predicted molar refractivity (Wildman–Crippen MR) is 49.1 cm³/mol. The standard InChI is InChI=1S/C9H15F3N2O/c10-9(11,12)4-3-8(15)14(6-5-13)7-1-2-7/h7H,1-6,13H2. The van der Waals surface area contributed by atoms with E-state index in [0.717, 1.165) is 12.8 Å². The zero-order valence-electron chi connectivity index (χ0n) is 8.39. The first-order valence-electron chi connectivity index (χ1n) is 5.00.